The van der Waals surface area contributed by atoms with Crippen LogP contribution in [0.3, 0.4) is 0 Å². The average molecular weight is 310 g/mol. The molecule has 0 heterocycles. The minimum absolute atomic E-state index is 0.435. The van der Waals surface area contributed by atoms with Crippen molar-refractivity contribution in [3.8, 4) is 5.75 Å². The van der Waals surface area contributed by atoms with E-state index in [0.717, 1.165) is 5.56 Å². The van der Waals surface area contributed by atoms with Crippen LogP contribution in [0, 0.1) is 6.92 Å². The standard InChI is InChI=1S/C14H13Cl2N3O/c1-8-5-13(11(17)7-14(8)20-2)19-18-12-4-3-9(15)6-10(12)16/h3-7H,17H2,1-2H3. The highest BCUT2D eigenvalue weighted by molar-refractivity contribution is 6.36. The van der Waals surface area contributed by atoms with Crippen molar-refractivity contribution in [3.63, 3.8) is 0 Å². The lowest BCUT2D eigenvalue weighted by Crippen LogP contribution is -1.91. The monoisotopic (exact) mass is 309 g/mol. The lowest BCUT2D eigenvalue weighted by molar-refractivity contribution is 0.412. The molecule has 0 spiro atoms. The van der Waals surface area contributed by atoms with Gasteiger partial charge in [0.05, 0.1) is 17.8 Å². The second kappa shape index (κ2) is 6.11. The van der Waals surface area contributed by atoms with E-state index in [2.05, 4.69) is 10.2 Å². The summed E-state index contributed by atoms with van der Waals surface area (Å²) in [6.07, 6.45) is 0. The van der Waals surface area contributed by atoms with E-state index in [1.807, 2.05) is 13.0 Å². The molecule has 0 amide bonds. The molecule has 0 radical (unpaired) electrons. The number of aryl methyl sites for hydroxylation is 1. The van der Waals surface area contributed by atoms with Gasteiger partial charge in [-0.2, -0.15) is 0 Å². The van der Waals surface area contributed by atoms with Gasteiger partial charge >= 0.3 is 0 Å². The molecular formula is C14H13Cl2N3O. The second-order valence-corrected chi connectivity index (χ2v) is 5.02. The summed E-state index contributed by atoms with van der Waals surface area (Å²) >= 11 is 11.8. The lowest BCUT2D eigenvalue weighted by Gasteiger charge is -2.07. The predicted molar refractivity (Wildman–Crippen MR) is 82.8 cm³/mol. The Bertz CT molecular complexity index is 672. The van der Waals surface area contributed by atoms with Gasteiger partial charge in [-0.1, -0.05) is 23.2 Å². The maximum atomic E-state index is 6.03. The van der Waals surface area contributed by atoms with Gasteiger partial charge < -0.3 is 10.5 Å². The highest BCUT2D eigenvalue weighted by Gasteiger charge is 2.05. The van der Waals surface area contributed by atoms with Crippen molar-refractivity contribution in [2.75, 3.05) is 12.8 Å². The normalized spacial score (nSPS) is 11.0. The fourth-order valence-corrected chi connectivity index (χ4v) is 2.11. The summed E-state index contributed by atoms with van der Waals surface area (Å²) in [6.45, 7) is 1.91. The number of nitrogens with zero attached hydrogens (tertiary/aromatic N) is 2. The summed E-state index contributed by atoms with van der Waals surface area (Å²) in [5.74, 6) is 0.714. The van der Waals surface area contributed by atoms with Crippen molar-refractivity contribution in [1.82, 2.24) is 0 Å². The van der Waals surface area contributed by atoms with Crippen molar-refractivity contribution in [2.45, 2.75) is 6.92 Å². The molecule has 0 atom stereocenters. The molecule has 2 aromatic rings. The number of hydrogen-bond acceptors (Lipinski definition) is 4. The van der Waals surface area contributed by atoms with Crippen molar-refractivity contribution in [1.29, 1.82) is 0 Å². The first-order valence-electron chi connectivity index (χ1n) is 5.82. The summed E-state index contributed by atoms with van der Waals surface area (Å²) in [4.78, 5) is 0. The molecule has 104 valence electrons. The smallest absolute Gasteiger partial charge is 0.123 e. The zero-order valence-electron chi connectivity index (χ0n) is 11.0. The van der Waals surface area contributed by atoms with E-state index in [9.17, 15) is 0 Å². The number of anilines is 1. The Morgan fingerprint density at radius 2 is 1.75 bits per heavy atom. The summed E-state index contributed by atoms with van der Waals surface area (Å²) < 4.78 is 5.19. The van der Waals surface area contributed by atoms with E-state index < -0.39 is 0 Å². The van der Waals surface area contributed by atoms with Gasteiger partial charge in [0.25, 0.3) is 0 Å². The first-order valence-corrected chi connectivity index (χ1v) is 6.57. The Kier molecular flexibility index (Phi) is 4.47. The topological polar surface area (TPSA) is 60.0 Å². The zero-order chi connectivity index (χ0) is 14.7. The maximum absolute atomic E-state index is 6.03. The average Bonchev–Trinajstić information content (AvgIpc) is 2.41. The van der Waals surface area contributed by atoms with Crippen molar-refractivity contribution in [3.05, 3.63) is 45.9 Å². The molecule has 0 aromatic heterocycles. The Morgan fingerprint density at radius 3 is 2.40 bits per heavy atom. The van der Waals surface area contributed by atoms with E-state index in [1.54, 1.807) is 31.4 Å². The number of nitrogen functional groups attached to an aromatic ring is 1. The number of rotatable bonds is 3. The molecule has 2 aromatic carbocycles. The third-order valence-electron chi connectivity index (χ3n) is 2.72. The molecule has 2 N–H and O–H groups in total. The maximum Gasteiger partial charge on any atom is 0.123 e. The summed E-state index contributed by atoms with van der Waals surface area (Å²) in [5.41, 5.74) is 8.42. The fraction of sp³-hybridized carbons (Fsp3) is 0.143. The highest BCUT2D eigenvalue weighted by Crippen LogP contribution is 2.33. The van der Waals surface area contributed by atoms with Crippen LogP contribution in [0.4, 0.5) is 17.1 Å². The number of benzene rings is 2. The molecule has 0 saturated carbocycles. The molecule has 0 aliphatic rings. The number of ether oxygens (including phenoxy) is 1. The van der Waals surface area contributed by atoms with Gasteiger partial charge in [0.1, 0.15) is 17.1 Å². The first-order chi connectivity index (χ1) is 9.51. The SMILES string of the molecule is COc1cc(N)c(N=Nc2ccc(Cl)cc2Cl)cc1C. The Balaban J connectivity index is 2.34. The van der Waals surface area contributed by atoms with E-state index in [-0.39, 0.29) is 0 Å². The molecule has 0 unspecified atom stereocenters. The molecule has 0 saturated heterocycles. The molecular weight excluding hydrogens is 297 g/mol. The quantitative estimate of drug-likeness (QED) is 0.617. The van der Waals surface area contributed by atoms with Crippen LogP contribution in [0.15, 0.2) is 40.6 Å². The van der Waals surface area contributed by atoms with Crippen LogP contribution in [-0.2, 0) is 0 Å². The summed E-state index contributed by atoms with van der Waals surface area (Å²) in [6, 6.07) is 8.53. The van der Waals surface area contributed by atoms with Crippen LogP contribution < -0.4 is 10.5 Å². The largest absolute Gasteiger partial charge is 0.496 e. The molecule has 0 fully saturated rings. The van der Waals surface area contributed by atoms with E-state index in [0.29, 0.717) is 32.9 Å². The van der Waals surface area contributed by atoms with Crippen LogP contribution >= 0.6 is 23.2 Å². The van der Waals surface area contributed by atoms with Crippen LogP contribution in [-0.4, -0.2) is 7.11 Å². The number of azo groups is 1. The number of hydrogen-bond donors (Lipinski definition) is 1. The Hall–Kier alpha value is -1.78. The third-order valence-corrected chi connectivity index (χ3v) is 3.26. The Labute approximate surface area is 127 Å². The van der Waals surface area contributed by atoms with Gasteiger partial charge in [0, 0.05) is 11.1 Å². The lowest BCUT2D eigenvalue weighted by atomic mass is 10.2. The number of methoxy groups -OCH3 is 1. The molecule has 0 aliphatic carbocycles. The molecule has 0 aliphatic heterocycles. The fourth-order valence-electron chi connectivity index (χ4n) is 1.67. The van der Waals surface area contributed by atoms with Gasteiger partial charge in [-0.25, -0.2) is 0 Å². The molecule has 2 rings (SSSR count). The third kappa shape index (κ3) is 3.21. The van der Waals surface area contributed by atoms with Crippen LogP contribution in [0.1, 0.15) is 5.56 Å². The van der Waals surface area contributed by atoms with E-state index >= 15 is 0 Å². The zero-order valence-corrected chi connectivity index (χ0v) is 12.5. The van der Waals surface area contributed by atoms with Gasteiger partial charge in [0.2, 0.25) is 0 Å². The predicted octanol–water partition coefficient (Wildman–Crippen LogP) is 5.31. The van der Waals surface area contributed by atoms with Crippen LogP contribution in [0.2, 0.25) is 10.0 Å². The minimum atomic E-state index is 0.435. The van der Waals surface area contributed by atoms with E-state index in [4.69, 9.17) is 33.7 Å². The van der Waals surface area contributed by atoms with Crippen LogP contribution in [0.5, 0.6) is 5.75 Å². The van der Waals surface area contributed by atoms with Crippen molar-refractivity contribution in [2.24, 2.45) is 10.2 Å². The molecule has 4 nitrogen and oxygen atoms in total. The number of halogens is 2. The van der Waals surface area contributed by atoms with Crippen molar-refractivity contribution >= 4 is 40.3 Å². The van der Waals surface area contributed by atoms with Crippen molar-refractivity contribution < 1.29 is 4.74 Å². The minimum Gasteiger partial charge on any atom is -0.496 e. The Morgan fingerprint density at radius 1 is 1.05 bits per heavy atom. The first kappa shape index (κ1) is 14.6. The van der Waals surface area contributed by atoms with Crippen LogP contribution in [0.25, 0.3) is 0 Å². The number of nitrogens with two attached hydrogens (primary N) is 1. The van der Waals surface area contributed by atoms with Gasteiger partial charge in [-0.3, -0.25) is 0 Å². The summed E-state index contributed by atoms with van der Waals surface area (Å²) in [5, 5.41) is 9.19. The van der Waals surface area contributed by atoms with E-state index in [1.165, 1.54) is 0 Å². The van der Waals surface area contributed by atoms with Gasteiger partial charge in [-0.05, 0) is 36.8 Å². The highest BCUT2D eigenvalue weighted by atomic mass is 35.5. The second-order valence-electron chi connectivity index (χ2n) is 4.18. The molecule has 0 bridgehead atoms. The van der Waals surface area contributed by atoms with Gasteiger partial charge in [0.15, 0.2) is 0 Å². The molecule has 6 heteroatoms. The summed E-state index contributed by atoms with van der Waals surface area (Å²) in [7, 11) is 1.59. The molecule has 20 heavy (non-hydrogen) atoms. The van der Waals surface area contributed by atoms with Gasteiger partial charge in [-0.15, -0.1) is 10.2 Å².